The Labute approximate surface area is 196 Å². The van der Waals surface area contributed by atoms with Gasteiger partial charge < -0.3 is 18.9 Å². The van der Waals surface area contributed by atoms with E-state index in [4.69, 9.17) is 30.5 Å². The van der Waals surface area contributed by atoms with Crippen LogP contribution in [0.25, 0.3) is 11.0 Å². The molecule has 2 unspecified atom stereocenters. The molecule has 0 aliphatic carbocycles. The molecule has 8 nitrogen and oxygen atoms in total. The molecule has 2 atom stereocenters. The van der Waals surface area contributed by atoms with Crippen LogP contribution in [0.1, 0.15) is 33.6 Å². The molecule has 9 heteroatoms. The van der Waals surface area contributed by atoms with Crippen molar-refractivity contribution in [1.82, 2.24) is 9.97 Å². The van der Waals surface area contributed by atoms with E-state index in [0.29, 0.717) is 40.0 Å². The number of fused-ring (bicyclic) bond motifs is 1. The fourth-order valence-electron chi connectivity index (χ4n) is 2.73. The third kappa shape index (κ3) is 7.05. The number of unbranched alkanes of at least 4 members (excludes halogenated alkanes) is 1. The molecule has 1 heterocycles. The average Bonchev–Trinajstić information content (AvgIpc) is 2.80. The lowest BCUT2D eigenvalue weighted by atomic mass is 10.3. The molecule has 0 aliphatic heterocycles. The summed E-state index contributed by atoms with van der Waals surface area (Å²) in [5.41, 5.74) is 1.33. The zero-order valence-corrected chi connectivity index (χ0v) is 19.4. The van der Waals surface area contributed by atoms with Crippen molar-refractivity contribution in [2.75, 3.05) is 6.61 Å². The number of carbonyl (C=O) groups excluding carboxylic acids is 2. The maximum Gasteiger partial charge on any atom is 0.347 e. The number of carbonyl (C=O) groups is 2. The average molecular weight is 473 g/mol. The van der Waals surface area contributed by atoms with Gasteiger partial charge in [0.1, 0.15) is 11.5 Å². The van der Waals surface area contributed by atoms with Crippen molar-refractivity contribution in [3.05, 3.63) is 53.7 Å². The zero-order chi connectivity index (χ0) is 23.8. The van der Waals surface area contributed by atoms with Crippen molar-refractivity contribution in [2.45, 2.75) is 45.8 Å². The minimum Gasteiger partial charge on any atom is -0.479 e. The van der Waals surface area contributed by atoms with Gasteiger partial charge in [0.15, 0.2) is 12.2 Å². The van der Waals surface area contributed by atoms with Crippen molar-refractivity contribution in [3.8, 4) is 17.4 Å². The number of benzene rings is 2. The highest BCUT2D eigenvalue weighted by Gasteiger charge is 2.24. The van der Waals surface area contributed by atoms with Crippen molar-refractivity contribution < 1.29 is 28.5 Å². The molecule has 0 saturated heterocycles. The second-order valence-electron chi connectivity index (χ2n) is 7.27. The van der Waals surface area contributed by atoms with Crippen molar-refractivity contribution in [2.24, 2.45) is 0 Å². The molecule has 0 radical (unpaired) electrons. The Balaban J connectivity index is 1.52. The molecule has 0 spiro atoms. The Morgan fingerprint density at radius 2 is 1.70 bits per heavy atom. The summed E-state index contributed by atoms with van der Waals surface area (Å²) in [4.78, 5) is 32.8. The van der Waals surface area contributed by atoms with Crippen LogP contribution >= 0.6 is 11.6 Å². The van der Waals surface area contributed by atoms with Gasteiger partial charge in [-0.3, -0.25) is 0 Å². The van der Waals surface area contributed by atoms with E-state index in [-0.39, 0.29) is 0 Å². The number of aromatic nitrogens is 2. The Hall–Kier alpha value is -3.39. The van der Waals surface area contributed by atoms with E-state index in [1.54, 1.807) is 49.4 Å². The molecule has 0 saturated carbocycles. The molecule has 0 bridgehead atoms. The van der Waals surface area contributed by atoms with Gasteiger partial charge in [-0.2, -0.15) is 0 Å². The first-order valence-corrected chi connectivity index (χ1v) is 11.0. The maximum atomic E-state index is 12.2. The van der Waals surface area contributed by atoms with Crippen LogP contribution in [0.5, 0.6) is 17.4 Å². The summed E-state index contributed by atoms with van der Waals surface area (Å²) >= 11 is 5.96. The van der Waals surface area contributed by atoms with E-state index >= 15 is 0 Å². The van der Waals surface area contributed by atoms with Crippen molar-refractivity contribution in [1.29, 1.82) is 0 Å². The lowest BCUT2D eigenvalue weighted by Gasteiger charge is -2.17. The summed E-state index contributed by atoms with van der Waals surface area (Å²) in [6, 6.07) is 11.9. The van der Waals surface area contributed by atoms with E-state index in [9.17, 15) is 9.59 Å². The lowest BCUT2D eigenvalue weighted by molar-refractivity contribution is -0.170. The summed E-state index contributed by atoms with van der Waals surface area (Å²) in [6.07, 6.45) is 1.25. The van der Waals surface area contributed by atoms with Crippen LogP contribution in [0.15, 0.2) is 48.7 Å². The molecule has 2 aromatic carbocycles. The summed E-state index contributed by atoms with van der Waals surface area (Å²) in [5.74, 6) is 0.0373. The number of hydrogen-bond acceptors (Lipinski definition) is 8. The maximum absolute atomic E-state index is 12.2. The molecule has 3 rings (SSSR count). The van der Waals surface area contributed by atoms with Gasteiger partial charge in [0.2, 0.25) is 5.88 Å². The summed E-state index contributed by atoms with van der Waals surface area (Å²) in [6.45, 7) is 5.30. The predicted octanol–water partition coefficient (Wildman–Crippen LogP) is 5.12. The van der Waals surface area contributed by atoms with Gasteiger partial charge in [-0.15, -0.1) is 0 Å². The molecular formula is C24H25ClN2O6. The predicted molar refractivity (Wildman–Crippen MR) is 123 cm³/mol. The molecule has 1 aromatic heterocycles. The Bertz CT molecular complexity index is 1110. The highest BCUT2D eigenvalue weighted by molar-refractivity contribution is 6.31. The van der Waals surface area contributed by atoms with Crippen LogP contribution in [0.2, 0.25) is 5.02 Å². The van der Waals surface area contributed by atoms with Gasteiger partial charge in [-0.25, -0.2) is 19.6 Å². The first-order chi connectivity index (χ1) is 15.9. The standard InChI is InChI=1S/C24H25ClN2O6/c1-4-5-12-30-23(28)15(2)32-24(29)16(3)31-18-7-9-19(10-8-18)33-22-14-26-21-13-17(25)6-11-20(21)27-22/h6-11,13-16H,4-5,12H2,1-3H3. The van der Waals surface area contributed by atoms with Gasteiger partial charge in [0.05, 0.1) is 23.8 Å². The van der Waals surface area contributed by atoms with Crippen molar-refractivity contribution in [3.63, 3.8) is 0 Å². The number of nitrogens with zero attached hydrogens (tertiary/aromatic N) is 2. The Morgan fingerprint density at radius 1 is 0.970 bits per heavy atom. The van der Waals surface area contributed by atoms with E-state index < -0.39 is 24.1 Å². The third-order valence-electron chi connectivity index (χ3n) is 4.54. The number of ether oxygens (including phenoxy) is 4. The highest BCUT2D eigenvalue weighted by Crippen LogP contribution is 2.25. The molecule has 0 amide bonds. The fourth-order valence-corrected chi connectivity index (χ4v) is 2.89. The van der Waals surface area contributed by atoms with E-state index in [2.05, 4.69) is 9.97 Å². The second-order valence-corrected chi connectivity index (χ2v) is 7.71. The van der Waals surface area contributed by atoms with Gasteiger partial charge in [0, 0.05) is 5.02 Å². The summed E-state index contributed by atoms with van der Waals surface area (Å²) < 4.78 is 21.5. The van der Waals surface area contributed by atoms with Crippen LogP contribution in [0, 0.1) is 0 Å². The van der Waals surface area contributed by atoms with Gasteiger partial charge in [-0.1, -0.05) is 24.9 Å². The van der Waals surface area contributed by atoms with E-state index in [0.717, 1.165) is 12.8 Å². The fraction of sp³-hybridized carbons (Fsp3) is 0.333. The summed E-state index contributed by atoms with van der Waals surface area (Å²) in [5, 5.41) is 0.584. The van der Waals surface area contributed by atoms with Crippen molar-refractivity contribution >= 4 is 34.6 Å². The number of esters is 2. The van der Waals surface area contributed by atoms with Crippen LogP contribution in [0.4, 0.5) is 0 Å². The quantitative estimate of drug-likeness (QED) is 0.296. The van der Waals surface area contributed by atoms with Crippen LogP contribution in [-0.2, 0) is 19.1 Å². The van der Waals surface area contributed by atoms with Crippen LogP contribution < -0.4 is 9.47 Å². The van der Waals surface area contributed by atoms with E-state index in [1.165, 1.54) is 13.1 Å². The number of halogens is 1. The third-order valence-corrected chi connectivity index (χ3v) is 4.78. The molecule has 0 N–H and O–H groups in total. The highest BCUT2D eigenvalue weighted by atomic mass is 35.5. The van der Waals surface area contributed by atoms with Crippen LogP contribution in [-0.4, -0.2) is 40.7 Å². The Morgan fingerprint density at radius 3 is 2.42 bits per heavy atom. The smallest absolute Gasteiger partial charge is 0.347 e. The zero-order valence-electron chi connectivity index (χ0n) is 18.6. The van der Waals surface area contributed by atoms with E-state index in [1.807, 2.05) is 6.92 Å². The normalized spacial score (nSPS) is 12.6. The largest absolute Gasteiger partial charge is 0.479 e. The minimum atomic E-state index is -1.00. The molecule has 33 heavy (non-hydrogen) atoms. The SMILES string of the molecule is CCCCOC(=O)C(C)OC(=O)C(C)Oc1ccc(Oc2cnc3cc(Cl)ccc3n2)cc1. The minimum absolute atomic E-state index is 0.302. The second kappa shape index (κ2) is 11.5. The molecular weight excluding hydrogens is 448 g/mol. The molecule has 174 valence electrons. The molecule has 0 fully saturated rings. The topological polar surface area (TPSA) is 96.8 Å². The number of rotatable bonds is 10. The Kier molecular flexibility index (Phi) is 8.43. The van der Waals surface area contributed by atoms with Crippen LogP contribution in [0.3, 0.4) is 0 Å². The van der Waals surface area contributed by atoms with Gasteiger partial charge in [0.25, 0.3) is 0 Å². The van der Waals surface area contributed by atoms with Gasteiger partial charge in [-0.05, 0) is 62.7 Å². The molecule has 3 aromatic rings. The summed E-state index contributed by atoms with van der Waals surface area (Å²) in [7, 11) is 0. The van der Waals surface area contributed by atoms with Gasteiger partial charge >= 0.3 is 11.9 Å². The first kappa shape index (κ1) is 24.3. The first-order valence-electron chi connectivity index (χ1n) is 10.6. The number of hydrogen-bond donors (Lipinski definition) is 0. The lowest BCUT2D eigenvalue weighted by Crippen LogP contribution is -2.33. The molecule has 0 aliphatic rings. The monoisotopic (exact) mass is 472 g/mol.